The van der Waals surface area contributed by atoms with Crippen LogP contribution in [0.5, 0.6) is 0 Å². The molecular weight excluding hydrogens is 159 g/mol. The van der Waals surface area contributed by atoms with Crippen molar-refractivity contribution in [3.63, 3.8) is 0 Å². The second-order valence-electron chi connectivity index (χ2n) is 4.66. The van der Waals surface area contributed by atoms with Gasteiger partial charge in [0.2, 0.25) is 0 Å². The topological polar surface area (TPSA) is 34.1 Å². The quantitative estimate of drug-likeness (QED) is 0.250. The molecule has 2 aliphatic carbocycles. The van der Waals surface area contributed by atoms with Crippen LogP contribution in [0.15, 0.2) is 0 Å². The maximum absolute atomic E-state index is 11.5. The van der Waals surface area contributed by atoms with Gasteiger partial charge in [0.15, 0.2) is 11.6 Å². The molecule has 0 aromatic rings. The normalized spacial score (nSPS) is 40.7. The van der Waals surface area contributed by atoms with Gasteiger partial charge in [-0.05, 0) is 5.41 Å². The molecule has 2 aliphatic rings. The minimum Gasteiger partial charge on any atom is -0.316 e. The molecule has 0 saturated heterocycles. The van der Waals surface area contributed by atoms with E-state index in [0.29, 0.717) is 0 Å². The average Bonchev–Trinajstić information content (AvgIpc) is 2.26. The first kappa shape index (κ1) is 11.0. The zero-order valence-electron chi connectivity index (χ0n) is 8.68. The Bertz CT molecular complexity index is 283. The molecule has 13 heavy (non-hydrogen) atoms. The summed E-state index contributed by atoms with van der Waals surface area (Å²) >= 11 is 0. The molecule has 2 rings (SSSR count). The second-order valence-corrected chi connectivity index (χ2v) is 4.66. The van der Waals surface area contributed by atoms with Crippen molar-refractivity contribution in [2.75, 3.05) is 0 Å². The molecule has 2 saturated carbocycles. The average molecular weight is 172 g/mol. The predicted molar refractivity (Wildman–Crippen MR) is 44.3 cm³/mol. The van der Waals surface area contributed by atoms with E-state index in [4.69, 9.17) is 0 Å². The Morgan fingerprint density at radius 2 is 1.85 bits per heavy atom. The van der Waals surface area contributed by atoms with E-state index < -0.39 is 5.41 Å². The van der Waals surface area contributed by atoms with E-state index in [1.807, 2.05) is 27.2 Å². The van der Waals surface area contributed by atoms with Crippen LogP contribution < -0.4 is 18.9 Å². The summed E-state index contributed by atoms with van der Waals surface area (Å²) in [4.78, 5) is 22.9. The predicted octanol–water partition coefficient (Wildman–Crippen LogP) is -1.60. The number of hydrogen-bond acceptors (Lipinski definition) is 2. The number of rotatable bonds is 0. The van der Waals surface area contributed by atoms with Crippen molar-refractivity contribution in [2.45, 2.75) is 27.2 Å². The van der Waals surface area contributed by atoms with Gasteiger partial charge in [-0.3, -0.25) is 9.59 Å². The van der Waals surface area contributed by atoms with Crippen molar-refractivity contribution >= 4 is 11.6 Å². The molecule has 0 aromatic carbocycles. The van der Waals surface area contributed by atoms with Gasteiger partial charge >= 0.3 is 18.9 Å². The van der Waals surface area contributed by atoms with E-state index in [9.17, 15) is 9.59 Å². The largest absolute Gasteiger partial charge is 1.00 e. The van der Waals surface area contributed by atoms with E-state index in [-0.39, 0.29) is 41.8 Å². The van der Waals surface area contributed by atoms with E-state index >= 15 is 0 Å². The van der Waals surface area contributed by atoms with Crippen LogP contribution in [-0.4, -0.2) is 11.6 Å². The first-order valence-electron chi connectivity index (χ1n) is 4.33. The Morgan fingerprint density at radius 1 is 1.31 bits per heavy atom. The minimum atomic E-state index is -0.408. The molecule has 0 N–H and O–H groups in total. The Hall–Kier alpha value is -0.0626. The summed E-state index contributed by atoms with van der Waals surface area (Å²) in [7, 11) is 0. The van der Waals surface area contributed by atoms with Gasteiger partial charge in [-0.1, -0.05) is 26.7 Å². The van der Waals surface area contributed by atoms with Crippen LogP contribution in [0.2, 0.25) is 0 Å². The third-order valence-corrected chi connectivity index (χ3v) is 3.97. The molecule has 0 amide bonds. The molecule has 0 aliphatic heterocycles. The maximum atomic E-state index is 11.5. The van der Waals surface area contributed by atoms with E-state index in [2.05, 4.69) is 0 Å². The van der Waals surface area contributed by atoms with Gasteiger partial charge in [-0.2, -0.15) is 6.42 Å². The van der Waals surface area contributed by atoms with Crippen molar-refractivity contribution in [1.82, 2.24) is 0 Å². The second kappa shape index (κ2) is 2.71. The van der Waals surface area contributed by atoms with Crippen molar-refractivity contribution in [3.8, 4) is 0 Å². The van der Waals surface area contributed by atoms with Gasteiger partial charge in [0, 0.05) is 5.41 Å². The van der Waals surface area contributed by atoms with Crippen molar-refractivity contribution < 1.29 is 28.4 Å². The summed E-state index contributed by atoms with van der Waals surface area (Å²) in [6.45, 7) is 5.95. The van der Waals surface area contributed by atoms with Crippen molar-refractivity contribution in [1.29, 1.82) is 0 Å². The zero-order valence-corrected chi connectivity index (χ0v) is 8.68. The molecule has 0 heterocycles. The summed E-state index contributed by atoms with van der Waals surface area (Å²) in [6, 6.07) is 0. The molecule has 66 valence electrons. The fourth-order valence-corrected chi connectivity index (χ4v) is 2.49. The molecule has 0 spiro atoms. The fraction of sp³-hybridized carbons (Fsp3) is 0.700. The summed E-state index contributed by atoms with van der Waals surface area (Å²) < 4.78 is 0. The summed E-state index contributed by atoms with van der Waals surface area (Å²) in [5.74, 6) is -0.441. The Morgan fingerprint density at radius 3 is 2.08 bits per heavy atom. The molecular formula is C10H13LiO2. The standard InChI is InChI=1S/C10H13O2.Li/c1-9(2)6-4-5-10(9,3)8(12)7(6)11;/h4,6H,5H2,1-3H3;/q-1;+1. The molecule has 0 aromatic heterocycles. The number of carbonyl (C=O) groups is 2. The number of Topliss-reactive ketones (excluding diaryl/α,β-unsaturated/α-hetero) is 2. The SMILES string of the molecule is CC12C[CH-]C(C(=O)C1=O)C2(C)C.[Li+]. The summed E-state index contributed by atoms with van der Waals surface area (Å²) in [6.07, 6.45) is 2.78. The number of carbonyl (C=O) groups excluding carboxylic acids is 2. The van der Waals surface area contributed by atoms with Gasteiger partial charge in [-0.25, -0.2) is 0 Å². The summed E-state index contributed by atoms with van der Waals surface area (Å²) in [5.41, 5.74) is -0.560. The van der Waals surface area contributed by atoms with Gasteiger partial charge in [0.25, 0.3) is 0 Å². The van der Waals surface area contributed by atoms with Crippen LogP contribution in [0.4, 0.5) is 0 Å². The Balaban J connectivity index is 0.000000845. The monoisotopic (exact) mass is 172 g/mol. The van der Waals surface area contributed by atoms with E-state index in [1.54, 1.807) is 0 Å². The number of ketones is 2. The van der Waals surface area contributed by atoms with Crippen molar-refractivity contribution in [2.24, 2.45) is 16.7 Å². The van der Waals surface area contributed by atoms with Crippen LogP contribution in [-0.2, 0) is 9.59 Å². The molecule has 2 bridgehead atoms. The molecule has 2 fully saturated rings. The Labute approximate surface area is 90.6 Å². The van der Waals surface area contributed by atoms with Crippen LogP contribution in [0.1, 0.15) is 27.2 Å². The first-order chi connectivity index (χ1) is 5.41. The molecule has 0 radical (unpaired) electrons. The van der Waals surface area contributed by atoms with Gasteiger partial charge in [0.05, 0.1) is 0 Å². The van der Waals surface area contributed by atoms with Gasteiger partial charge in [0.1, 0.15) is 0 Å². The fourth-order valence-electron chi connectivity index (χ4n) is 2.49. The van der Waals surface area contributed by atoms with Gasteiger partial charge < -0.3 is 6.42 Å². The third kappa shape index (κ3) is 0.966. The third-order valence-electron chi connectivity index (χ3n) is 3.97. The van der Waals surface area contributed by atoms with E-state index in [1.165, 1.54) is 0 Å². The van der Waals surface area contributed by atoms with Gasteiger partial charge in [-0.15, -0.1) is 0 Å². The molecule has 2 atom stereocenters. The molecule has 2 nitrogen and oxygen atoms in total. The zero-order chi connectivity index (χ0) is 9.15. The molecule has 3 heteroatoms. The minimum absolute atomic E-state index is 0. The number of hydrogen-bond donors (Lipinski definition) is 0. The van der Waals surface area contributed by atoms with Crippen LogP contribution in [0.3, 0.4) is 0 Å². The first-order valence-corrected chi connectivity index (χ1v) is 4.33. The van der Waals surface area contributed by atoms with Crippen molar-refractivity contribution in [3.05, 3.63) is 6.42 Å². The van der Waals surface area contributed by atoms with Crippen LogP contribution in [0.25, 0.3) is 0 Å². The maximum Gasteiger partial charge on any atom is 1.00 e. The van der Waals surface area contributed by atoms with Crippen LogP contribution in [0, 0.1) is 23.2 Å². The van der Waals surface area contributed by atoms with E-state index in [0.717, 1.165) is 6.42 Å². The molecule has 2 unspecified atom stereocenters. The Kier molecular flexibility index (Phi) is 2.30. The summed E-state index contributed by atoms with van der Waals surface area (Å²) in [5, 5.41) is 0. The smallest absolute Gasteiger partial charge is 0.316 e. The number of fused-ring (bicyclic) bond motifs is 2. The van der Waals surface area contributed by atoms with Crippen LogP contribution >= 0.6 is 0 Å².